The van der Waals surface area contributed by atoms with Gasteiger partial charge in [0.25, 0.3) is 5.91 Å². The molecule has 7 rings (SSSR count). The summed E-state index contributed by atoms with van der Waals surface area (Å²) in [6, 6.07) is 12.7. The van der Waals surface area contributed by atoms with Crippen LogP contribution in [0, 0.1) is 0 Å². The summed E-state index contributed by atoms with van der Waals surface area (Å²) in [5.41, 5.74) is 6.51. The van der Waals surface area contributed by atoms with Crippen LogP contribution in [-0.2, 0) is 17.6 Å². The average Bonchev–Trinajstić information content (AvgIpc) is 3.79. The molecule has 4 aromatic rings. The van der Waals surface area contributed by atoms with Crippen LogP contribution in [-0.4, -0.2) is 73.6 Å². The summed E-state index contributed by atoms with van der Waals surface area (Å²) in [7, 11) is 1.96. The van der Waals surface area contributed by atoms with Crippen LogP contribution in [0.15, 0.2) is 48.8 Å². The molecule has 0 atom stereocenters. The van der Waals surface area contributed by atoms with Crippen LogP contribution in [0.3, 0.4) is 0 Å². The van der Waals surface area contributed by atoms with Gasteiger partial charge >= 0.3 is 0 Å². The van der Waals surface area contributed by atoms with Crippen molar-refractivity contribution in [1.82, 2.24) is 29.5 Å². The molecule has 1 N–H and O–H groups in total. The number of thiazole rings is 1. The van der Waals surface area contributed by atoms with Crippen LogP contribution in [0.4, 0.5) is 5.13 Å². The Morgan fingerprint density at radius 1 is 1.02 bits per heavy atom. The lowest BCUT2D eigenvalue weighted by atomic mass is 9.89. The zero-order valence-corrected chi connectivity index (χ0v) is 25.6. The van der Waals surface area contributed by atoms with Gasteiger partial charge in [-0.05, 0) is 101 Å². The smallest absolute Gasteiger partial charge is 0.253 e. The number of aromatic nitrogens is 4. The van der Waals surface area contributed by atoms with Crippen molar-refractivity contribution in [2.45, 2.75) is 70.4 Å². The minimum absolute atomic E-state index is 0.0689. The molecule has 4 heterocycles. The number of carbonyl (C=O) groups excluding carboxylic acids is 2. The van der Waals surface area contributed by atoms with Gasteiger partial charge in [0.15, 0.2) is 5.13 Å². The van der Waals surface area contributed by atoms with Crippen molar-refractivity contribution in [2.75, 3.05) is 25.5 Å². The molecule has 2 amide bonds. The Morgan fingerprint density at radius 2 is 1.79 bits per heavy atom. The molecule has 222 valence electrons. The van der Waals surface area contributed by atoms with Gasteiger partial charge in [0.1, 0.15) is 0 Å². The van der Waals surface area contributed by atoms with Gasteiger partial charge in [0.05, 0.1) is 27.6 Å². The molecule has 3 aromatic heterocycles. The minimum Gasteiger partial charge on any atom is -0.339 e. The predicted octanol–water partition coefficient (Wildman–Crippen LogP) is 5.59. The molecule has 2 aliphatic carbocycles. The number of likely N-dealkylation sites (tertiary alicyclic amines) is 1. The van der Waals surface area contributed by atoms with E-state index in [0.717, 1.165) is 64.5 Å². The van der Waals surface area contributed by atoms with Crippen molar-refractivity contribution in [1.29, 1.82) is 0 Å². The Kier molecular flexibility index (Phi) is 7.56. The summed E-state index contributed by atoms with van der Waals surface area (Å²) >= 11 is 1.48. The maximum Gasteiger partial charge on any atom is 0.253 e. The van der Waals surface area contributed by atoms with Gasteiger partial charge < -0.3 is 15.1 Å². The van der Waals surface area contributed by atoms with Crippen LogP contribution in [0.5, 0.6) is 0 Å². The molecule has 0 unspecified atom stereocenters. The molecule has 1 saturated heterocycles. The molecular weight excluding hydrogens is 558 g/mol. The second-order valence-corrected chi connectivity index (χ2v) is 13.0. The summed E-state index contributed by atoms with van der Waals surface area (Å²) in [4.78, 5) is 40.0. The van der Waals surface area contributed by atoms with Gasteiger partial charge in [-0.15, -0.1) is 0 Å². The molecule has 1 aliphatic heterocycles. The first-order valence-electron chi connectivity index (χ1n) is 15.4. The fraction of sp³-hybridized carbons (Fsp3) is 0.424. The van der Waals surface area contributed by atoms with E-state index in [1.54, 1.807) is 6.20 Å². The fourth-order valence-corrected chi connectivity index (χ4v) is 8.14. The van der Waals surface area contributed by atoms with E-state index in [1.807, 2.05) is 59.2 Å². The third-order valence-electron chi connectivity index (χ3n) is 9.28. The molecule has 0 spiro atoms. The number of anilines is 1. The molecule has 0 bridgehead atoms. The van der Waals surface area contributed by atoms with Crippen molar-refractivity contribution in [3.8, 4) is 27.5 Å². The van der Waals surface area contributed by atoms with Crippen LogP contribution in [0.25, 0.3) is 27.5 Å². The van der Waals surface area contributed by atoms with Gasteiger partial charge in [-0.3, -0.25) is 14.6 Å². The normalized spacial score (nSPS) is 20.0. The predicted molar refractivity (Wildman–Crippen MR) is 169 cm³/mol. The third-order valence-corrected chi connectivity index (χ3v) is 10.3. The summed E-state index contributed by atoms with van der Waals surface area (Å²) in [6.45, 7) is 3.97. The number of rotatable bonds is 6. The van der Waals surface area contributed by atoms with Gasteiger partial charge in [0, 0.05) is 55.1 Å². The van der Waals surface area contributed by atoms with Crippen molar-refractivity contribution in [2.24, 2.45) is 0 Å². The highest BCUT2D eigenvalue weighted by atomic mass is 32.1. The first kappa shape index (κ1) is 27.9. The molecule has 1 aromatic carbocycles. The number of nitrogens with one attached hydrogen (secondary N) is 1. The second kappa shape index (κ2) is 11.7. The largest absolute Gasteiger partial charge is 0.339 e. The Balaban J connectivity index is 1.16. The van der Waals surface area contributed by atoms with Crippen molar-refractivity contribution in [3.63, 3.8) is 0 Å². The van der Waals surface area contributed by atoms with Crippen LogP contribution in [0.1, 0.15) is 67.1 Å². The number of benzene rings is 1. The summed E-state index contributed by atoms with van der Waals surface area (Å²) in [6.07, 6.45) is 12.3. The SMILES string of the molecule is CC(=O)Nc1nc2c(s1)-c1c(c(-c3cccnc3)nn1-c1ccc(C(=O)N(C)[C@H]3CC[C@@H](N4CCCC4)CC3)cc1)CC2. The molecule has 2 fully saturated rings. The van der Waals surface area contributed by atoms with Crippen molar-refractivity contribution < 1.29 is 9.59 Å². The maximum atomic E-state index is 13.6. The number of hydrogen-bond donors (Lipinski definition) is 1. The van der Waals surface area contributed by atoms with Crippen molar-refractivity contribution >= 4 is 28.3 Å². The Hall–Kier alpha value is -3.89. The van der Waals surface area contributed by atoms with Crippen LogP contribution in [0.2, 0.25) is 0 Å². The highest BCUT2D eigenvalue weighted by molar-refractivity contribution is 7.19. The number of nitrogens with zero attached hydrogens (tertiary/aromatic N) is 6. The van der Waals surface area contributed by atoms with Gasteiger partial charge in [-0.2, -0.15) is 5.10 Å². The van der Waals surface area contributed by atoms with E-state index in [-0.39, 0.29) is 17.9 Å². The maximum absolute atomic E-state index is 13.6. The number of pyridine rings is 1. The molecule has 0 radical (unpaired) electrons. The highest BCUT2D eigenvalue weighted by Crippen LogP contribution is 2.44. The first-order chi connectivity index (χ1) is 21.0. The standard InChI is InChI=1S/C33H37N7O2S/c1-21(41)35-33-36-28-16-15-27-29(23-6-5-17-34-20-23)37-40(30(27)31(28)43-33)26-9-7-22(8-10-26)32(42)38(2)24-11-13-25(14-12-24)39-18-3-4-19-39/h5-10,17,20,24-25H,3-4,11-16,18-19H2,1-2H3,(H,35,36,41)/t24-,25+. The first-order valence-corrected chi connectivity index (χ1v) is 16.2. The quantitative estimate of drug-likeness (QED) is 0.312. The number of amides is 2. The number of carbonyl (C=O) groups is 2. The Bertz CT molecular complexity index is 1630. The monoisotopic (exact) mass is 595 g/mol. The van der Waals surface area contributed by atoms with E-state index in [4.69, 9.17) is 10.1 Å². The van der Waals surface area contributed by atoms with Gasteiger partial charge in [-0.25, -0.2) is 9.67 Å². The van der Waals surface area contributed by atoms with E-state index < -0.39 is 0 Å². The number of hydrogen-bond acceptors (Lipinski definition) is 7. The minimum atomic E-state index is -0.138. The Morgan fingerprint density at radius 3 is 2.49 bits per heavy atom. The molecule has 10 heteroatoms. The summed E-state index contributed by atoms with van der Waals surface area (Å²) in [5.74, 6) is -0.0693. The second-order valence-electron chi connectivity index (χ2n) is 12.0. The van der Waals surface area contributed by atoms with Crippen LogP contribution < -0.4 is 5.32 Å². The van der Waals surface area contributed by atoms with Crippen LogP contribution >= 0.6 is 11.3 Å². The van der Waals surface area contributed by atoms with E-state index in [0.29, 0.717) is 16.7 Å². The van der Waals surface area contributed by atoms with E-state index in [9.17, 15) is 9.59 Å². The van der Waals surface area contributed by atoms with E-state index >= 15 is 0 Å². The number of fused-ring (bicyclic) bond motifs is 3. The molecule has 9 nitrogen and oxygen atoms in total. The molecule has 3 aliphatic rings. The summed E-state index contributed by atoms with van der Waals surface area (Å²) < 4.78 is 1.96. The average molecular weight is 596 g/mol. The lowest BCUT2D eigenvalue weighted by Gasteiger charge is -2.38. The topological polar surface area (TPSA) is 96.2 Å². The lowest BCUT2D eigenvalue weighted by molar-refractivity contribution is -0.114. The third kappa shape index (κ3) is 5.38. The fourth-order valence-electron chi connectivity index (χ4n) is 7.03. The molecular formula is C33H37N7O2S. The van der Waals surface area contributed by atoms with Crippen molar-refractivity contribution in [3.05, 3.63) is 65.6 Å². The summed E-state index contributed by atoms with van der Waals surface area (Å²) in [5, 5.41) is 8.54. The van der Waals surface area contributed by atoms with E-state index in [2.05, 4.69) is 15.2 Å². The van der Waals surface area contributed by atoms with Gasteiger partial charge in [-0.1, -0.05) is 11.3 Å². The highest BCUT2D eigenvalue weighted by Gasteiger charge is 2.32. The number of aryl methyl sites for hydroxylation is 1. The van der Waals surface area contributed by atoms with Gasteiger partial charge in [0.2, 0.25) is 5.91 Å². The lowest BCUT2D eigenvalue weighted by Crippen LogP contribution is -2.44. The van der Waals surface area contributed by atoms with E-state index in [1.165, 1.54) is 57.0 Å². The molecule has 1 saturated carbocycles. The molecule has 43 heavy (non-hydrogen) atoms. The zero-order valence-electron chi connectivity index (χ0n) is 24.8. The Labute approximate surface area is 256 Å². The zero-order chi connectivity index (χ0) is 29.5.